The van der Waals surface area contributed by atoms with Crippen LogP contribution in [0.4, 0.5) is 5.00 Å². The number of fused-ring (bicyclic) bond motifs is 1. The van der Waals surface area contributed by atoms with E-state index in [0.29, 0.717) is 10.1 Å². The van der Waals surface area contributed by atoms with Crippen LogP contribution in [-0.2, 0) is 4.79 Å². The van der Waals surface area contributed by atoms with E-state index in [-0.39, 0.29) is 5.91 Å². The molecular weight excluding hydrogens is 338 g/mol. The van der Waals surface area contributed by atoms with Gasteiger partial charge in [-0.1, -0.05) is 12.1 Å². The topological polar surface area (TPSA) is 45.6 Å². The van der Waals surface area contributed by atoms with Crippen molar-refractivity contribution in [1.82, 2.24) is 4.98 Å². The summed E-state index contributed by atoms with van der Waals surface area (Å²) in [5.41, 5.74) is 1.92. The molecule has 4 nitrogen and oxygen atoms in total. The summed E-state index contributed by atoms with van der Waals surface area (Å²) in [5, 5.41) is 4.83. The molecule has 4 rings (SSSR count). The summed E-state index contributed by atoms with van der Waals surface area (Å²) in [6.07, 6.45) is 3.66. The van der Waals surface area contributed by atoms with Gasteiger partial charge in [0.2, 0.25) is 0 Å². The molecule has 0 unspecified atom stereocenters. The zero-order chi connectivity index (χ0) is 16.5. The lowest BCUT2D eigenvalue weighted by molar-refractivity contribution is -0.113. The number of aromatic nitrogens is 1. The van der Waals surface area contributed by atoms with E-state index in [1.165, 1.54) is 11.8 Å². The highest BCUT2D eigenvalue weighted by Crippen LogP contribution is 2.33. The smallest absolute Gasteiger partial charge is 0.286 e. The number of rotatable bonds is 2. The average molecular weight is 351 g/mol. The molecule has 118 valence electrons. The Morgan fingerprint density at radius 3 is 2.92 bits per heavy atom. The van der Waals surface area contributed by atoms with Crippen LogP contribution >= 0.6 is 23.1 Å². The first-order valence-electron chi connectivity index (χ1n) is 7.35. The Bertz CT molecular complexity index is 977. The van der Waals surface area contributed by atoms with Crippen molar-refractivity contribution in [2.45, 2.75) is 0 Å². The van der Waals surface area contributed by atoms with Gasteiger partial charge in [0.15, 0.2) is 5.17 Å². The molecule has 0 atom stereocenters. The maximum Gasteiger partial charge on any atom is 0.286 e. The SMILES string of the molecule is CN(C1=NC(=O)/C(=C\c2ccc3ncccc3c2)S1)c1cccs1. The molecule has 0 N–H and O–H groups in total. The number of thiophene rings is 1. The van der Waals surface area contributed by atoms with Gasteiger partial charge in [0, 0.05) is 18.6 Å². The van der Waals surface area contributed by atoms with Crippen molar-refractivity contribution < 1.29 is 4.79 Å². The fraction of sp³-hybridized carbons (Fsp3) is 0.0556. The van der Waals surface area contributed by atoms with Crippen LogP contribution in [0.3, 0.4) is 0 Å². The van der Waals surface area contributed by atoms with Crippen molar-refractivity contribution in [3.8, 4) is 0 Å². The molecule has 6 heteroatoms. The number of benzene rings is 1. The number of nitrogens with zero attached hydrogens (tertiary/aromatic N) is 3. The van der Waals surface area contributed by atoms with Gasteiger partial charge in [-0.3, -0.25) is 9.78 Å². The molecule has 0 radical (unpaired) electrons. The highest BCUT2D eigenvalue weighted by Gasteiger charge is 2.25. The molecule has 1 aliphatic rings. The number of hydrogen-bond acceptors (Lipinski definition) is 5. The first kappa shape index (κ1) is 15.1. The zero-order valence-electron chi connectivity index (χ0n) is 12.8. The second-order valence-corrected chi connectivity index (χ2v) is 7.21. The van der Waals surface area contributed by atoms with Gasteiger partial charge < -0.3 is 4.90 Å². The maximum atomic E-state index is 12.2. The molecule has 0 saturated carbocycles. The first-order chi connectivity index (χ1) is 11.7. The molecule has 1 amide bonds. The molecule has 1 aliphatic heterocycles. The molecule has 0 spiro atoms. The number of carbonyl (C=O) groups is 1. The lowest BCUT2D eigenvalue weighted by Crippen LogP contribution is -2.20. The van der Waals surface area contributed by atoms with Crippen LogP contribution in [-0.4, -0.2) is 23.1 Å². The van der Waals surface area contributed by atoms with Crippen LogP contribution in [0, 0.1) is 0 Å². The van der Waals surface area contributed by atoms with E-state index in [2.05, 4.69) is 9.98 Å². The van der Waals surface area contributed by atoms with Crippen LogP contribution in [0.1, 0.15) is 5.56 Å². The van der Waals surface area contributed by atoms with Crippen molar-refractivity contribution >= 4 is 56.2 Å². The highest BCUT2D eigenvalue weighted by atomic mass is 32.2. The summed E-state index contributed by atoms with van der Waals surface area (Å²) in [6, 6.07) is 13.9. The number of carbonyl (C=O) groups excluding carboxylic acids is 1. The van der Waals surface area contributed by atoms with E-state index < -0.39 is 0 Å². The van der Waals surface area contributed by atoms with E-state index in [1.807, 2.05) is 65.9 Å². The Morgan fingerprint density at radius 2 is 2.08 bits per heavy atom. The summed E-state index contributed by atoms with van der Waals surface area (Å²) in [5.74, 6) is -0.190. The Kier molecular flexibility index (Phi) is 3.92. The number of amides is 1. The van der Waals surface area contributed by atoms with Crippen LogP contribution < -0.4 is 4.90 Å². The fourth-order valence-corrected chi connectivity index (χ4v) is 4.08. The van der Waals surface area contributed by atoms with Crippen molar-refractivity contribution in [2.75, 3.05) is 11.9 Å². The molecular formula is C18H13N3OS2. The lowest BCUT2D eigenvalue weighted by atomic mass is 10.1. The van der Waals surface area contributed by atoms with E-state index in [1.54, 1.807) is 17.5 Å². The quantitative estimate of drug-likeness (QED) is 0.642. The van der Waals surface area contributed by atoms with E-state index in [4.69, 9.17) is 0 Å². The predicted molar refractivity (Wildman–Crippen MR) is 102 cm³/mol. The number of pyridine rings is 1. The average Bonchev–Trinajstić information content (AvgIpc) is 3.25. The molecule has 3 heterocycles. The Balaban J connectivity index is 1.60. The Hall–Kier alpha value is -2.44. The standard InChI is InChI=1S/C18H13N3OS2/c1-21(16-5-3-9-23-16)18-20-17(22)15(24-18)11-12-6-7-14-13(10-12)4-2-8-19-14/h2-11H,1H3/b15-11+. The minimum atomic E-state index is -0.190. The Morgan fingerprint density at radius 1 is 1.17 bits per heavy atom. The molecule has 1 aromatic carbocycles. The van der Waals surface area contributed by atoms with Crippen LogP contribution in [0.25, 0.3) is 17.0 Å². The second kappa shape index (κ2) is 6.22. The van der Waals surface area contributed by atoms with Crippen molar-refractivity contribution in [3.63, 3.8) is 0 Å². The maximum absolute atomic E-state index is 12.2. The summed E-state index contributed by atoms with van der Waals surface area (Å²) in [7, 11) is 1.93. The minimum absolute atomic E-state index is 0.190. The molecule has 0 bridgehead atoms. The number of amidine groups is 1. The second-order valence-electron chi connectivity index (χ2n) is 5.28. The summed E-state index contributed by atoms with van der Waals surface area (Å²) in [6.45, 7) is 0. The fourth-order valence-electron chi connectivity index (χ4n) is 2.43. The van der Waals surface area contributed by atoms with Gasteiger partial charge in [-0.15, -0.1) is 11.3 Å². The predicted octanol–water partition coefficient (Wildman–Crippen LogP) is 4.40. The molecule has 0 aliphatic carbocycles. The van der Waals surface area contributed by atoms with Crippen LogP contribution in [0.2, 0.25) is 0 Å². The zero-order valence-corrected chi connectivity index (χ0v) is 14.5. The van der Waals surface area contributed by atoms with Gasteiger partial charge in [0.05, 0.1) is 15.4 Å². The Labute approximate surface area is 147 Å². The number of hydrogen-bond donors (Lipinski definition) is 0. The van der Waals surface area contributed by atoms with E-state index >= 15 is 0 Å². The van der Waals surface area contributed by atoms with E-state index in [9.17, 15) is 4.79 Å². The lowest BCUT2D eigenvalue weighted by Gasteiger charge is -2.14. The first-order valence-corrected chi connectivity index (χ1v) is 9.05. The normalized spacial score (nSPS) is 16.0. The summed E-state index contributed by atoms with van der Waals surface area (Å²) >= 11 is 3.02. The number of thioether (sulfide) groups is 1. The number of anilines is 1. The molecule has 2 aromatic heterocycles. The largest absolute Gasteiger partial charge is 0.315 e. The van der Waals surface area contributed by atoms with Gasteiger partial charge in [-0.25, -0.2) is 0 Å². The minimum Gasteiger partial charge on any atom is -0.315 e. The van der Waals surface area contributed by atoms with Crippen molar-refractivity contribution in [3.05, 3.63) is 64.5 Å². The third-order valence-corrected chi connectivity index (χ3v) is 5.66. The highest BCUT2D eigenvalue weighted by molar-refractivity contribution is 8.18. The van der Waals surface area contributed by atoms with Gasteiger partial charge in [-0.2, -0.15) is 4.99 Å². The van der Waals surface area contributed by atoms with Crippen molar-refractivity contribution in [2.24, 2.45) is 4.99 Å². The van der Waals surface area contributed by atoms with Gasteiger partial charge in [0.1, 0.15) is 0 Å². The third-order valence-electron chi connectivity index (χ3n) is 3.66. The molecule has 3 aromatic rings. The molecule has 24 heavy (non-hydrogen) atoms. The van der Waals surface area contributed by atoms with Gasteiger partial charge in [0.25, 0.3) is 5.91 Å². The number of aliphatic imine (C=N–C) groups is 1. The summed E-state index contributed by atoms with van der Waals surface area (Å²) in [4.78, 5) is 23.3. The van der Waals surface area contributed by atoms with E-state index in [0.717, 1.165) is 21.5 Å². The van der Waals surface area contributed by atoms with Crippen LogP contribution in [0.5, 0.6) is 0 Å². The van der Waals surface area contributed by atoms with Crippen molar-refractivity contribution in [1.29, 1.82) is 0 Å². The van der Waals surface area contributed by atoms with Gasteiger partial charge >= 0.3 is 0 Å². The molecule has 0 fully saturated rings. The van der Waals surface area contributed by atoms with Crippen LogP contribution in [0.15, 0.2) is 63.9 Å². The van der Waals surface area contributed by atoms with Gasteiger partial charge in [-0.05, 0) is 59.1 Å². The monoisotopic (exact) mass is 351 g/mol. The summed E-state index contributed by atoms with van der Waals surface area (Å²) < 4.78 is 0. The molecule has 0 saturated heterocycles. The third kappa shape index (κ3) is 2.86.